The average Bonchev–Trinajstić information content (AvgIpc) is 3.07. The van der Waals surface area contributed by atoms with Gasteiger partial charge in [0.1, 0.15) is 16.5 Å². The van der Waals surface area contributed by atoms with Crippen LogP contribution in [0.5, 0.6) is 0 Å². The maximum atomic E-state index is 14.0. The monoisotopic (exact) mass is 476 g/mol. The van der Waals surface area contributed by atoms with E-state index in [4.69, 9.17) is 11.6 Å². The van der Waals surface area contributed by atoms with Crippen molar-refractivity contribution in [3.63, 3.8) is 0 Å². The highest BCUT2D eigenvalue weighted by molar-refractivity contribution is 7.18. The Bertz CT molecular complexity index is 1260. The van der Waals surface area contributed by atoms with Crippen molar-refractivity contribution in [3.8, 4) is 0 Å². The van der Waals surface area contributed by atoms with E-state index in [2.05, 4.69) is 9.97 Å². The number of rotatable bonds is 4. The molecule has 1 aromatic carbocycles. The Balaban J connectivity index is 1.35. The van der Waals surface area contributed by atoms with Gasteiger partial charge >= 0.3 is 0 Å². The lowest BCUT2D eigenvalue weighted by atomic mass is 10.1. The molecule has 32 heavy (non-hydrogen) atoms. The first-order valence-electron chi connectivity index (χ1n) is 10.3. The van der Waals surface area contributed by atoms with Crippen LogP contribution in [0.1, 0.15) is 33.0 Å². The van der Waals surface area contributed by atoms with Crippen molar-refractivity contribution < 1.29 is 14.0 Å². The summed E-state index contributed by atoms with van der Waals surface area (Å²) in [6.07, 6.45) is 0.529. The summed E-state index contributed by atoms with van der Waals surface area (Å²) in [5.41, 5.74) is 0.688. The van der Waals surface area contributed by atoms with Crippen LogP contribution in [-0.2, 0) is 11.2 Å². The number of H-pyrrole nitrogens is 1. The number of carbonyl (C=O) groups excluding carboxylic acids is 2. The van der Waals surface area contributed by atoms with Crippen molar-refractivity contribution in [2.75, 3.05) is 26.2 Å². The van der Waals surface area contributed by atoms with Gasteiger partial charge in [-0.3, -0.25) is 14.4 Å². The number of thiophene rings is 1. The van der Waals surface area contributed by atoms with E-state index in [9.17, 15) is 18.8 Å². The Kier molecular flexibility index (Phi) is 6.30. The van der Waals surface area contributed by atoms with E-state index < -0.39 is 11.7 Å². The van der Waals surface area contributed by atoms with Crippen LogP contribution in [0.4, 0.5) is 4.39 Å². The zero-order chi connectivity index (χ0) is 23.0. The zero-order valence-electron chi connectivity index (χ0n) is 17.7. The Morgan fingerprint density at radius 3 is 2.59 bits per heavy atom. The van der Waals surface area contributed by atoms with Crippen molar-refractivity contribution in [1.29, 1.82) is 0 Å². The maximum absolute atomic E-state index is 14.0. The lowest BCUT2D eigenvalue weighted by Crippen LogP contribution is -2.50. The summed E-state index contributed by atoms with van der Waals surface area (Å²) in [5.74, 6) is -0.643. The number of piperazine rings is 1. The second kappa shape index (κ2) is 8.99. The Morgan fingerprint density at radius 2 is 1.88 bits per heavy atom. The van der Waals surface area contributed by atoms with Crippen LogP contribution >= 0.6 is 22.9 Å². The van der Waals surface area contributed by atoms with Crippen LogP contribution in [-0.4, -0.2) is 57.8 Å². The fourth-order valence-corrected chi connectivity index (χ4v) is 5.01. The molecule has 168 valence electrons. The highest BCUT2D eigenvalue weighted by Crippen LogP contribution is 2.25. The Labute approximate surface area is 192 Å². The molecule has 1 N–H and O–H groups in total. The number of benzene rings is 1. The molecule has 0 atom stereocenters. The molecule has 0 radical (unpaired) electrons. The van der Waals surface area contributed by atoms with Gasteiger partial charge in [-0.05, 0) is 37.6 Å². The van der Waals surface area contributed by atoms with Gasteiger partial charge in [0.05, 0.1) is 10.9 Å². The molecule has 0 spiro atoms. The number of carbonyl (C=O) groups is 2. The third-order valence-electron chi connectivity index (χ3n) is 5.74. The molecular formula is C22H22ClFN4O3S. The van der Waals surface area contributed by atoms with E-state index in [1.54, 1.807) is 4.90 Å². The van der Waals surface area contributed by atoms with Gasteiger partial charge in [-0.25, -0.2) is 9.37 Å². The maximum Gasteiger partial charge on any atom is 0.259 e. The molecule has 3 heterocycles. The number of aryl methyl sites for hydroxylation is 3. The molecule has 1 fully saturated rings. The number of aromatic nitrogens is 2. The van der Waals surface area contributed by atoms with Crippen LogP contribution < -0.4 is 5.56 Å². The van der Waals surface area contributed by atoms with Crippen LogP contribution in [0.25, 0.3) is 10.2 Å². The predicted octanol–water partition coefficient (Wildman–Crippen LogP) is 3.31. The van der Waals surface area contributed by atoms with Gasteiger partial charge in [0, 0.05) is 48.9 Å². The fourth-order valence-electron chi connectivity index (χ4n) is 3.79. The molecule has 1 aliphatic heterocycles. The smallest absolute Gasteiger partial charge is 0.259 e. The van der Waals surface area contributed by atoms with Gasteiger partial charge in [-0.2, -0.15) is 0 Å². The van der Waals surface area contributed by atoms with Gasteiger partial charge in [-0.15, -0.1) is 11.3 Å². The molecular weight excluding hydrogens is 455 g/mol. The van der Waals surface area contributed by atoms with E-state index >= 15 is 0 Å². The number of aromatic amines is 1. The molecule has 4 rings (SSSR count). The number of nitrogens with zero attached hydrogens (tertiary/aromatic N) is 3. The van der Waals surface area contributed by atoms with E-state index in [0.29, 0.717) is 53.7 Å². The van der Waals surface area contributed by atoms with Gasteiger partial charge in [-0.1, -0.05) is 11.6 Å². The zero-order valence-corrected chi connectivity index (χ0v) is 19.3. The molecule has 0 unspecified atom stereocenters. The first kappa shape index (κ1) is 22.4. The molecule has 0 saturated carbocycles. The second-order valence-electron chi connectivity index (χ2n) is 7.77. The quantitative estimate of drug-likeness (QED) is 0.626. The second-order valence-corrected chi connectivity index (χ2v) is 9.41. The van der Waals surface area contributed by atoms with E-state index in [-0.39, 0.29) is 23.5 Å². The van der Waals surface area contributed by atoms with Crippen LogP contribution in [0.15, 0.2) is 23.0 Å². The minimum Gasteiger partial charge on any atom is -0.339 e. The number of amides is 2. The fraction of sp³-hybridized carbons (Fsp3) is 0.364. The van der Waals surface area contributed by atoms with Crippen molar-refractivity contribution in [2.24, 2.45) is 0 Å². The lowest BCUT2D eigenvalue weighted by molar-refractivity contribution is -0.132. The predicted molar refractivity (Wildman–Crippen MR) is 122 cm³/mol. The molecule has 3 aromatic rings. The third-order valence-corrected chi connectivity index (χ3v) is 7.08. The van der Waals surface area contributed by atoms with Crippen LogP contribution in [0.2, 0.25) is 5.02 Å². The van der Waals surface area contributed by atoms with Crippen molar-refractivity contribution in [1.82, 2.24) is 19.8 Å². The summed E-state index contributed by atoms with van der Waals surface area (Å²) in [6.45, 7) is 5.20. The van der Waals surface area contributed by atoms with Crippen LogP contribution in [0.3, 0.4) is 0 Å². The summed E-state index contributed by atoms with van der Waals surface area (Å²) in [5, 5.41) is 0.903. The van der Waals surface area contributed by atoms with Crippen molar-refractivity contribution in [2.45, 2.75) is 26.7 Å². The lowest BCUT2D eigenvalue weighted by Gasteiger charge is -2.35. The van der Waals surface area contributed by atoms with E-state index in [0.717, 1.165) is 10.4 Å². The van der Waals surface area contributed by atoms with Crippen LogP contribution in [0, 0.1) is 19.7 Å². The summed E-state index contributed by atoms with van der Waals surface area (Å²) in [4.78, 5) is 49.9. The van der Waals surface area contributed by atoms with Gasteiger partial charge in [0.15, 0.2) is 0 Å². The number of hydrogen-bond acceptors (Lipinski definition) is 5. The molecule has 2 amide bonds. The largest absolute Gasteiger partial charge is 0.339 e. The topological polar surface area (TPSA) is 86.4 Å². The number of halogens is 2. The molecule has 0 aliphatic carbocycles. The minimum absolute atomic E-state index is 0.0678. The summed E-state index contributed by atoms with van der Waals surface area (Å²) >= 11 is 7.36. The van der Waals surface area contributed by atoms with Gasteiger partial charge in [0.25, 0.3) is 11.5 Å². The van der Waals surface area contributed by atoms with Crippen molar-refractivity contribution in [3.05, 3.63) is 61.2 Å². The first-order chi connectivity index (χ1) is 15.2. The third kappa shape index (κ3) is 4.40. The first-order valence-corrected chi connectivity index (χ1v) is 11.4. The van der Waals surface area contributed by atoms with Gasteiger partial charge < -0.3 is 14.8 Å². The standard InChI is InChI=1S/C22H22ClFN4O3S/c1-12-13(2)32-21-19(12)20(30)25-17(26-21)5-6-18(29)27-7-9-28(10-8-27)22(31)15-11-14(23)3-4-16(15)24/h3-4,11H,5-10H2,1-2H3,(H,25,26,30). The minimum atomic E-state index is -0.618. The number of fused-ring (bicyclic) bond motifs is 1. The highest BCUT2D eigenvalue weighted by Gasteiger charge is 2.26. The number of nitrogens with one attached hydrogen (secondary N) is 1. The summed E-state index contributed by atoms with van der Waals surface area (Å²) in [7, 11) is 0. The van der Waals surface area contributed by atoms with E-state index in [1.165, 1.54) is 34.4 Å². The Morgan fingerprint density at radius 1 is 1.19 bits per heavy atom. The molecule has 7 nitrogen and oxygen atoms in total. The van der Waals surface area contributed by atoms with E-state index in [1.807, 2.05) is 13.8 Å². The van der Waals surface area contributed by atoms with Gasteiger partial charge in [0.2, 0.25) is 5.91 Å². The average molecular weight is 477 g/mol. The SMILES string of the molecule is Cc1sc2nc(CCC(=O)N3CCN(C(=O)c4cc(Cl)ccc4F)CC3)[nH]c(=O)c2c1C. The summed E-state index contributed by atoms with van der Waals surface area (Å²) in [6, 6.07) is 3.88. The molecule has 0 bridgehead atoms. The summed E-state index contributed by atoms with van der Waals surface area (Å²) < 4.78 is 14.0. The van der Waals surface area contributed by atoms with Crippen molar-refractivity contribution >= 4 is 45.0 Å². The highest BCUT2D eigenvalue weighted by atomic mass is 35.5. The molecule has 10 heteroatoms. The normalized spacial score (nSPS) is 14.2. The molecule has 1 aliphatic rings. The molecule has 1 saturated heterocycles. The Hall–Kier alpha value is -2.78. The molecule has 2 aromatic heterocycles. The number of hydrogen-bond donors (Lipinski definition) is 1.